The lowest BCUT2D eigenvalue weighted by Crippen LogP contribution is -2.22. The van der Waals surface area contributed by atoms with Gasteiger partial charge in [-0.1, -0.05) is 45.4 Å². The highest BCUT2D eigenvalue weighted by molar-refractivity contribution is 5.85. The van der Waals surface area contributed by atoms with Crippen LogP contribution in [0.1, 0.15) is 62.2 Å². The summed E-state index contributed by atoms with van der Waals surface area (Å²) in [5.74, 6) is -0.751. The molecule has 0 fully saturated rings. The zero-order valence-corrected chi connectivity index (χ0v) is 12.6. The number of unbranched alkanes of at least 4 members (excludes halogenated alkanes) is 5. The van der Waals surface area contributed by atoms with Crippen LogP contribution in [-0.4, -0.2) is 18.7 Å². The Morgan fingerprint density at radius 3 is 2.38 bits per heavy atom. The highest BCUT2D eigenvalue weighted by Crippen LogP contribution is 2.15. The Morgan fingerprint density at radius 1 is 1.14 bits per heavy atom. The van der Waals surface area contributed by atoms with E-state index in [9.17, 15) is 14.3 Å². The number of benzene rings is 1. The van der Waals surface area contributed by atoms with Crippen molar-refractivity contribution in [3.05, 3.63) is 29.8 Å². The van der Waals surface area contributed by atoms with E-state index in [1.807, 2.05) is 0 Å². The van der Waals surface area contributed by atoms with Gasteiger partial charge in [-0.25, -0.2) is 4.39 Å². The van der Waals surface area contributed by atoms with Crippen LogP contribution in [0.25, 0.3) is 0 Å². The first kappa shape index (κ1) is 17.5. The van der Waals surface area contributed by atoms with Gasteiger partial charge in [-0.05, 0) is 36.2 Å². The Morgan fingerprint density at radius 2 is 1.76 bits per heavy atom. The summed E-state index contributed by atoms with van der Waals surface area (Å²) in [7, 11) is 0. The molecule has 0 aliphatic carbocycles. The maximum absolute atomic E-state index is 13.6. The number of carboxylic acids is 1. The minimum atomic E-state index is -1.23. The SMILES string of the molecule is CCCCCCCCC(F)COc1ccc(C(=O)[O-])cc1. The summed E-state index contributed by atoms with van der Waals surface area (Å²) < 4.78 is 19.0. The van der Waals surface area contributed by atoms with E-state index in [1.54, 1.807) is 0 Å². The van der Waals surface area contributed by atoms with Gasteiger partial charge < -0.3 is 14.6 Å². The quantitative estimate of drug-likeness (QED) is 0.587. The van der Waals surface area contributed by atoms with Gasteiger partial charge in [-0.3, -0.25) is 0 Å². The number of halogens is 1. The molecule has 0 bridgehead atoms. The number of carbonyl (C=O) groups is 1. The summed E-state index contributed by atoms with van der Waals surface area (Å²) in [4.78, 5) is 10.6. The standard InChI is InChI=1S/C17H25FO3/c1-2-3-4-5-6-7-8-15(18)13-21-16-11-9-14(10-12-16)17(19)20/h9-12,15H,2-8,13H2,1H3,(H,19,20)/p-1. The predicted molar refractivity (Wildman–Crippen MR) is 79.2 cm³/mol. The lowest BCUT2D eigenvalue weighted by Gasteiger charge is -2.11. The van der Waals surface area contributed by atoms with Crippen molar-refractivity contribution in [3.8, 4) is 5.75 Å². The monoisotopic (exact) mass is 295 g/mol. The molecule has 0 saturated carbocycles. The Kier molecular flexibility index (Phi) is 8.48. The second-order valence-electron chi connectivity index (χ2n) is 5.28. The molecule has 0 aliphatic heterocycles. The van der Waals surface area contributed by atoms with E-state index in [1.165, 1.54) is 49.9 Å². The van der Waals surface area contributed by atoms with Crippen molar-refractivity contribution in [1.29, 1.82) is 0 Å². The van der Waals surface area contributed by atoms with Crippen molar-refractivity contribution in [2.45, 2.75) is 58.0 Å². The lowest BCUT2D eigenvalue weighted by molar-refractivity contribution is -0.255. The fraction of sp³-hybridized carbons (Fsp3) is 0.588. The van der Waals surface area contributed by atoms with Crippen LogP contribution >= 0.6 is 0 Å². The van der Waals surface area contributed by atoms with Crippen LogP contribution in [-0.2, 0) is 0 Å². The number of carboxylic acid groups (broad SMARTS) is 1. The van der Waals surface area contributed by atoms with Crippen LogP contribution in [0.5, 0.6) is 5.75 Å². The maximum Gasteiger partial charge on any atom is 0.134 e. The van der Waals surface area contributed by atoms with Gasteiger partial charge in [0.1, 0.15) is 18.5 Å². The third kappa shape index (κ3) is 7.69. The smallest absolute Gasteiger partial charge is 0.134 e. The minimum absolute atomic E-state index is 0.0135. The average molecular weight is 295 g/mol. The van der Waals surface area contributed by atoms with Gasteiger partial charge in [0.05, 0.1) is 5.97 Å². The summed E-state index contributed by atoms with van der Waals surface area (Å²) >= 11 is 0. The average Bonchev–Trinajstić information content (AvgIpc) is 2.49. The molecule has 0 N–H and O–H groups in total. The molecule has 4 heteroatoms. The summed E-state index contributed by atoms with van der Waals surface area (Å²) in [6.07, 6.45) is 6.38. The molecule has 118 valence electrons. The Hall–Kier alpha value is -1.58. The van der Waals surface area contributed by atoms with Crippen LogP contribution < -0.4 is 9.84 Å². The number of aromatic carboxylic acids is 1. The Labute approximate surface area is 126 Å². The van der Waals surface area contributed by atoms with Gasteiger partial charge in [0.15, 0.2) is 0 Å². The van der Waals surface area contributed by atoms with Gasteiger partial charge in [0, 0.05) is 0 Å². The van der Waals surface area contributed by atoms with Gasteiger partial charge in [-0.15, -0.1) is 0 Å². The van der Waals surface area contributed by atoms with Gasteiger partial charge >= 0.3 is 0 Å². The second kappa shape index (κ2) is 10.2. The summed E-state index contributed by atoms with van der Waals surface area (Å²) in [6.45, 7) is 2.19. The molecular formula is C17H24FO3-. The minimum Gasteiger partial charge on any atom is -0.545 e. The molecule has 1 atom stereocenters. The van der Waals surface area contributed by atoms with Crippen molar-refractivity contribution in [3.63, 3.8) is 0 Å². The van der Waals surface area contributed by atoms with Crippen molar-refractivity contribution in [2.24, 2.45) is 0 Å². The fourth-order valence-corrected chi connectivity index (χ4v) is 2.10. The normalized spacial score (nSPS) is 12.1. The Bertz CT molecular complexity index is 403. The van der Waals surface area contributed by atoms with E-state index in [0.29, 0.717) is 12.2 Å². The van der Waals surface area contributed by atoms with Crippen LogP contribution in [0.3, 0.4) is 0 Å². The molecule has 0 radical (unpaired) electrons. The number of hydrogen-bond acceptors (Lipinski definition) is 3. The molecular weight excluding hydrogens is 271 g/mol. The largest absolute Gasteiger partial charge is 0.545 e. The first-order valence-corrected chi connectivity index (χ1v) is 7.71. The summed E-state index contributed by atoms with van der Waals surface area (Å²) in [5.41, 5.74) is 0.0891. The maximum atomic E-state index is 13.6. The number of carbonyl (C=O) groups excluding carboxylic acids is 1. The molecule has 21 heavy (non-hydrogen) atoms. The van der Waals surface area contributed by atoms with E-state index in [4.69, 9.17) is 4.74 Å². The number of rotatable bonds is 11. The van der Waals surface area contributed by atoms with E-state index < -0.39 is 12.1 Å². The summed E-state index contributed by atoms with van der Waals surface area (Å²) in [6, 6.07) is 5.82. The third-order valence-corrected chi connectivity index (χ3v) is 3.39. The molecule has 1 unspecified atom stereocenters. The van der Waals surface area contributed by atoms with E-state index in [0.717, 1.165) is 12.8 Å². The molecule has 1 rings (SSSR count). The molecule has 3 nitrogen and oxygen atoms in total. The number of ether oxygens (including phenoxy) is 1. The predicted octanol–water partition coefficient (Wildman–Crippen LogP) is 3.52. The molecule has 1 aromatic carbocycles. The van der Waals surface area contributed by atoms with Crippen LogP contribution in [0.2, 0.25) is 0 Å². The number of hydrogen-bond donors (Lipinski definition) is 0. The third-order valence-electron chi connectivity index (χ3n) is 3.39. The highest BCUT2D eigenvalue weighted by atomic mass is 19.1. The lowest BCUT2D eigenvalue weighted by atomic mass is 10.1. The topological polar surface area (TPSA) is 49.4 Å². The molecule has 0 aliphatic rings. The van der Waals surface area contributed by atoms with Crippen molar-refractivity contribution in [2.75, 3.05) is 6.61 Å². The highest BCUT2D eigenvalue weighted by Gasteiger charge is 2.07. The van der Waals surface area contributed by atoms with E-state index >= 15 is 0 Å². The first-order valence-electron chi connectivity index (χ1n) is 7.71. The first-order chi connectivity index (χ1) is 10.1. The van der Waals surface area contributed by atoms with Gasteiger partial charge in [-0.2, -0.15) is 0 Å². The molecule has 0 spiro atoms. The van der Waals surface area contributed by atoms with Crippen LogP contribution in [0.4, 0.5) is 4.39 Å². The molecule has 0 heterocycles. The fourth-order valence-electron chi connectivity index (χ4n) is 2.10. The molecule has 0 aromatic heterocycles. The second-order valence-corrected chi connectivity index (χ2v) is 5.28. The van der Waals surface area contributed by atoms with Crippen LogP contribution in [0, 0.1) is 0 Å². The van der Waals surface area contributed by atoms with E-state index in [2.05, 4.69) is 6.92 Å². The van der Waals surface area contributed by atoms with E-state index in [-0.39, 0.29) is 12.2 Å². The zero-order valence-electron chi connectivity index (χ0n) is 12.6. The van der Waals surface area contributed by atoms with Crippen LogP contribution in [0.15, 0.2) is 24.3 Å². The van der Waals surface area contributed by atoms with Gasteiger partial charge in [0.2, 0.25) is 0 Å². The van der Waals surface area contributed by atoms with Gasteiger partial charge in [0.25, 0.3) is 0 Å². The molecule has 0 amide bonds. The summed E-state index contributed by atoms with van der Waals surface area (Å²) in [5, 5.41) is 10.6. The molecule has 1 aromatic rings. The van der Waals surface area contributed by atoms with Crippen molar-refractivity contribution >= 4 is 5.97 Å². The molecule has 0 saturated heterocycles. The van der Waals surface area contributed by atoms with Crippen molar-refractivity contribution in [1.82, 2.24) is 0 Å². The van der Waals surface area contributed by atoms with Crippen molar-refractivity contribution < 1.29 is 19.0 Å². The zero-order chi connectivity index (χ0) is 15.5. The Balaban J connectivity index is 2.14. The number of alkyl halides is 1.